The van der Waals surface area contributed by atoms with E-state index in [1.807, 2.05) is 18.2 Å². The summed E-state index contributed by atoms with van der Waals surface area (Å²) >= 11 is 5.31. The fourth-order valence-electron chi connectivity index (χ4n) is 2.53. The molecule has 6 heteroatoms. The van der Waals surface area contributed by atoms with Gasteiger partial charge in [-0.1, -0.05) is 32.0 Å². The van der Waals surface area contributed by atoms with E-state index in [4.69, 9.17) is 21.7 Å². The summed E-state index contributed by atoms with van der Waals surface area (Å²) in [6.45, 7) is 4.29. The SMILES string of the molecule is CC[C@H](C)c1ccccc1NC(=S)NC(=O)c1cc(OC)cc(OC)c1. The van der Waals surface area contributed by atoms with Crippen LogP contribution in [0.4, 0.5) is 5.69 Å². The van der Waals surface area contributed by atoms with Crippen molar-refractivity contribution in [2.24, 2.45) is 0 Å². The number of methoxy groups -OCH3 is 2. The normalized spacial score (nSPS) is 11.4. The first-order valence-electron chi connectivity index (χ1n) is 8.42. The summed E-state index contributed by atoms with van der Waals surface area (Å²) in [5.41, 5.74) is 2.46. The van der Waals surface area contributed by atoms with Crippen molar-refractivity contribution in [2.75, 3.05) is 19.5 Å². The van der Waals surface area contributed by atoms with Crippen LogP contribution in [0.15, 0.2) is 42.5 Å². The highest BCUT2D eigenvalue weighted by Gasteiger charge is 2.13. The van der Waals surface area contributed by atoms with E-state index in [1.165, 1.54) is 14.2 Å². The molecule has 1 amide bonds. The summed E-state index contributed by atoms with van der Waals surface area (Å²) in [6.07, 6.45) is 1.02. The van der Waals surface area contributed by atoms with Gasteiger partial charge in [0.15, 0.2) is 5.11 Å². The first-order chi connectivity index (χ1) is 12.5. The summed E-state index contributed by atoms with van der Waals surface area (Å²) in [5.74, 6) is 1.13. The third kappa shape index (κ3) is 4.95. The van der Waals surface area contributed by atoms with E-state index in [0.29, 0.717) is 23.0 Å². The number of nitrogens with one attached hydrogen (secondary N) is 2. The van der Waals surface area contributed by atoms with E-state index in [2.05, 4.69) is 30.5 Å². The van der Waals surface area contributed by atoms with E-state index in [9.17, 15) is 4.79 Å². The summed E-state index contributed by atoms with van der Waals surface area (Å²) in [5, 5.41) is 6.07. The third-order valence-corrected chi connectivity index (χ3v) is 4.40. The van der Waals surface area contributed by atoms with Crippen molar-refractivity contribution in [3.63, 3.8) is 0 Å². The minimum Gasteiger partial charge on any atom is -0.497 e. The molecular weight excluding hydrogens is 348 g/mol. The van der Waals surface area contributed by atoms with Gasteiger partial charge in [-0.15, -0.1) is 0 Å². The molecule has 0 aliphatic rings. The second-order valence-electron chi connectivity index (χ2n) is 5.91. The molecule has 0 radical (unpaired) electrons. The summed E-state index contributed by atoms with van der Waals surface area (Å²) in [7, 11) is 3.07. The van der Waals surface area contributed by atoms with Gasteiger partial charge in [0.05, 0.1) is 14.2 Å². The molecule has 2 aromatic rings. The Morgan fingerprint density at radius 1 is 1.12 bits per heavy atom. The van der Waals surface area contributed by atoms with Gasteiger partial charge in [0.1, 0.15) is 11.5 Å². The van der Waals surface area contributed by atoms with Crippen LogP contribution in [0, 0.1) is 0 Å². The maximum atomic E-state index is 12.5. The number of anilines is 1. The van der Waals surface area contributed by atoms with Crippen molar-refractivity contribution in [1.82, 2.24) is 5.32 Å². The molecule has 0 heterocycles. The number of para-hydroxylation sites is 1. The molecule has 0 saturated carbocycles. The van der Waals surface area contributed by atoms with Gasteiger partial charge >= 0.3 is 0 Å². The first kappa shape index (κ1) is 19.7. The molecule has 0 aliphatic heterocycles. The van der Waals surface area contributed by atoms with Crippen molar-refractivity contribution in [1.29, 1.82) is 0 Å². The van der Waals surface area contributed by atoms with Crippen LogP contribution in [0.25, 0.3) is 0 Å². The molecule has 2 aromatic carbocycles. The topological polar surface area (TPSA) is 59.6 Å². The van der Waals surface area contributed by atoms with Crippen LogP contribution in [0.2, 0.25) is 0 Å². The highest BCUT2D eigenvalue weighted by molar-refractivity contribution is 7.80. The fraction of sp³-hybridized carbons (Fsp3) is 0.300. The molecule has 0 saturated heterocycles. The molecule has 26 heavy (non-hydrogen) atoms. The molecule has 0 spiro atoms. The lowest BCUT2D eigenvalue weighted by Crippen LogP contribution is -2.34. The Bertz CT molecular complexity index is 770. The Kier molecular flexibility index (Phi) is 6.97. The number of carbonyl (C=O) groups is 1. The molecule has 0 fully saturated rings. The highest BCUT2D eigenvalue weighted by Crippen LogP contribution is 2.26. The van der Waals surface area contributed by atoms with Crippen LogP contribution in [0.5, 0.6) is 11.5 Å². The number of carbonyl (C=O) groups excluding carboxylic acids is 1. The molecule has 1 atom stereocenters. The molecule has 138 valence electrons. The maximum Gasteiger partial charge on any atom is 0.257 e. The molecule has 0 unspecified atom stereocenters. The Balaban J connectivity index is 2.12. The monoisotopic (exact) mass is 372 g/mol. The van der Waals surface area contributed by atoms with Crippen LogP contribution in [-0.2, 0) is 0 Å². The molecule has 0 bridgehead atoms. The largest absolute Gasteiger partial charge is 0.497 e. The van der Waals surface area contributed by atoms with E-state index >= 15 is 0 Å². The minimum atomic E-state index is -0.333. The molecule has 2 rings (SSSR count). The number of hydrogen-bond donors (Lipinski definition) is 2. The number of rotatable bonds is 6. The number of ether oxygens (including phenoxy) is 2. The molecule has 2 N–H and O–H groups in total. The number of benzene rings is 2. The van der Waals surface area contributed by atoms with Crippen molar-refractivity contribution in [2.45, 2.75) is 26.2 Å². The zero-order valence-electron chi connectivity index (χ0n) is 15.5. The molecule has 0 aliphatic carbocycles. The van der Waals surface area contributed by atoms with Gasteiger partial charge in [-0.05, 0) is 48.3 Å². The van der Waals surface area contributed by atoms with Crippen LogP contribution >= 0.6 is 12.2 Å². The molecule has 5 nitrogen and oxygen atoms in total. The second-order valence-corrected chi connectivity index (χ2v) is 6.31. The van der Waals surface area contributed by atoms with Crippen LogP contribution < -0.4 is 20.1 Å². The average Bonchev–Trinajstić information content (AvgIpc) is 2.67. The lowest BCUT2D eigenvalue weighted by molar-refractivity contribution is 0.0977. The zero-order valence-corrected chi connectivity index (χ0v) is 16.3. The van der Waals surface area contributed by atoms with Crippen molar-refractivity contribution < 1.29 is 14.3 Å². The van der Waals surface area contributed by atoms with Gasteiger partial charge in [-0.2, -0.15) is 0 Å². The van der Waals surface area contributed by atoms with Gasteiger partial charge in [0, 0.05) is 17.3 Å². The zero-order chi connectivity index (χ0) is 19.1. The summed E-state index contributed by atoms with van der Waals surface area (Å²) in [6, 6.07) is 12.9. The van der Waals surface area contributed by atoms with Crippen LogP contribution in [0.1, 0.15) is 42.1 Å². The van der Waals surface area contributed by atoms with Crippen molar-refractivity contribution in [3.8, 4) is 11.5 Å². The summed E-state index contributed by atoms with van der Waals surface area (Å²) in [4.78, 5) is 12.5. The number of amides is 1. The van der Waals surface area contributed by atoms with E-state index in [1.54, 1.807) is 18.2 Å². The fourth-order valence-corrected chi connectivity index (χ4v) is 2.73. The Morgan fingerprint density at radius 3 is 2.31 bits per heavy atom. The predicted octanol–water partition coefficient (Wildman–Crippen LogP) is 4.34. The second kappa shape index (κ2) is 9.20. The third-order valence-electron chi connectivity index (χ3n) is 4.19. The van der Waals surface area contributed by atoms with E-state index in [0.717, 1.165) is 17.7 Å². The van der Waals surface area contributed by atoms with Gasteiger partial charge in [0.25, 0.3) is 5.91 Å². The quantitative estimate of drug-likeness (QED) is 0.739. The highest BCUT2D eigenvalue weighted by atomic mass is 32.1. The Morgan fingerprint density at radius 2 is 1.73 bits per heavy atom. The van der Waals surface area contributed by atoms with E-state index < -0.39 is 0 Å². The van der Waals surface area contributed by atoms with Gasteiger partial charge in [-0.25, -0.2) is 0 Å². The molecule has 0 aromatic heterocycles. The van der Waals surface area contributed by atoms with Gasteiger partial charge in [0.2, 0.25) is 0 Å². The Hall–Kier alpha value is -2.60. The number of hydrogen-bond acceptors (Lipinski definition) is 4. The minimum absolute atomic E-state index is 0.243. The summed E-state index contributed by atoms with van der Waals surface area (Å²) < 4.78 is 10.4. The smallest absolute Gasteiger partial charge is 0.257 e. The maximum absolute atomic E-state index is 12.5. The van der Waals surface area contributed by atoms with Crippen LogP contribution in [0.3, 0.4) is 0 Å². The number of thiocarbonyl (C=S) groups is 1. The average molecular weight is 372 g/mol. The predicted molar refractivity (Wildman–Crippen MR) is 108 cm³/mol. The standard InChI is InChI=1S/C20H24N2O3S/c1-5-13(2)17-8-6-7-9-18(17)21-20(26)22-19(23)14-10-15(24-3)12-16(11-14)25-4/h6-13H,5H2,1-4H3,(H2,21,22,23,26)/t13-/m0/s1. The van der Waals surface area contributed by atoms with Crippen molar-refractivity contribution in [3.05, 3.63) is 53.6 Å². The van der Waals surface area contributed by atoms with Crippen molar-refractivity contribution >= 4 is 28.9 Å². The van der Waals surface area contributed by atoms with Gasteiger partial charge in [-0.3, -0.25) is 10.1 Å². The van der Waals surface area contributed by atoms with Gasteiger partial charge < -0.3 is 14.8 Å². The lowest BCUT2D eigenvalue weighted by atomic mass is 9.97. The lowest BCUT2D eigenvalue weighted by Gasteiger charge is -2.17. The molecular formula is C20H24N2O3S. The first-order valence-corrected chi connectivity index (χ1v) is 8.83. The van der Waals surface area contributed by atoms with Crippen LogP contribution in [-0.4, -0.2) is 25.2 Å². The Labute approximate surface area is 159 Å². The van der Waals surface area contributed by atoms with E-state index in [-0.39, 0.29) is 11.0 Å².